The Morgan fingerprint density at radius 3 is 2.15 bits per heavy atom. The molecule has 2 aromatic rings. The molecule has 0 bridgehead atoms. The molecule has 0 spiro atoms. The summed E-state index contributed by atoms with van der Waals surface area (Å²) in [6.07, 6.45) is -0.706. The number of aliphatic hydroxyl groups is 1. The first kappa shape index (κ1) is 20.9. The third kappa shape index (κ3) is 8.24. The smallest absolute Gasteiger partial charge is 0.407 e. The molecule has 0 aliphatic rings. The second kappa shape index (κ2) is 11.4. The minimum Gasteiger partial charge on any atom is -0.445 e. The van der Waals surface area contributed by atoms with Gasteiger partial charge in [0.1, 0.15) is 6.61 Å². The van der Waals surface area contributed by atoms with Gasteiger partial charge < -0.3 is 20.5 Å². The highest BCUT2D eigenvalue weighted by molar-refractivity contribution is 5.67. The summed E-state index contributed by atoms with van der Waals surface area (Å²) < 4.78 is 5.31. The van der Waals surface area contributed by atoms with Crippen molar-refractivity contribution in [2.75, 3.05) is 13.1 Å². The molecule has 0 aliphatic heterocycles. The number of rotatable bonds is 10. The molecule has 3 N–H and O–H groups in total. The summed E-state index contributed by atoms with van der Waals surface area (Å²) in [4.78, 5) is 12.2. The average molecular weight is 370 g/mol. The van der Waals surface area contributed by atoms with Crippen molar-refractivity contribution in [3.05, 3.63) is 71.8 Å². The standard InChI is InChI=1S/C22H30N2O3/c1-17(2)14-23-15-21(25)20(13-18-9-5-3-6-10-18)24-22(26)27-16-19-11-7-4-8-12-19/h3-12,17,20-21,23,25H,13-16H2,1-2H3,(H,24,26)/t20?,21-/m1/s1. The van der Waals surface area contributed by atoms with E-state index >= 15 is 0 Å². The number of carbonyl (C=O) groups is 1. The van der Waals surface area contributed by atoms with Gasteiger partial charge in [-0.1, -0.05) is 74.5 Å². The van der Waals surface area contributed by atoms with Crippen molar-refractivity contribution in [2.24, 2.45) is 5.92 Å². The molecule has 0 fully saturated rings. The lowest BCUT2D eigenvalue weighted by molar-refractivity contribution is 0.100. The number of hydrogen-bond acceptors (Lipinski definition) is 4. The number of carbonyl (C=O) groups excluding carboxylic acids is 1. The molecular formula is C22H30N2O3. The molecule has 2 atom stereocenters. The van der Waals surface area contributed by atoms with Crippen molar-refractivity contribution < 1.29 is 14.6 Å². The highest BCUT2D eigenvalue weighted by atomic mass is 16.5. The number of ether oxygens (including phenoxy) is 1. The number of benzene rings is 2. The first-order valence-electron chi connectivity index (χ1n) is 9.44. The Labute approximate surface area is 161 Å². The largest absolute Gasteiger partial charge is 0.445 e. The van der Waals surface area contributed by atoms with Gasteiger partial charge in [0.05, 0.1) is 12.1 Å². The molecule has 0 heterocycles. The van der Waals surface area contributed by atoms with Crippen molar-refractivity contribution in [3.8, 4) is 0 Å². The van der Waals surface area contributed by atoms with Crippen LogP contribution in [-0.2, 0) is 17.8 Å². The van der Waals surface area contributed by atoms with Crippen molar-refractivity contribution >= 4 is 6.09 Å². The van der Waals surface area contributed by atoms with Gasteiger partial charge in [-0.15, -0.1) is 0 Å². The summed E-state index contributed by atoms with van der Waals surface area (Å²) in [7, 11) is 0. The second-order valence-electron chi connectivity index (χ2n) is 7.12. The van der Waals surface area contributed by atoms with Crippen LogP contribution < -0.4 is 10.6 Å². The van der Waals surface area contributed by atoms with Crippen LogP contribution in [0.25, 0.3) is 0 Å². The normalized spacial score (nSPS) is 13.2. The lowest BCUT2D eigenvalue weighted by Gasteiger charge is -2.25. The third-order valence-corrected chi connectivity index (χ3v) is 4.18. The molecule has 5 nitrogen and oxygen atoms in total. The van der Waals surface area contributed by atoms with E-state index < -0.39 is 18.2 Å². The fourth-order valence-corrected chi connectivity index (χ4v) is 2.73. The predicted octanol–water partition coefficient (Wildman–Crippen LogP) is 3.13. The number of aliphatic hydroxyl groups excluding tert-OH is 1. The molecule has 2 aromatic carbocycles. The molecule has 2 rings (SSSR count). The van der Waals surface area contributed by atoms with Crippen molar-refractivity contribution in [1.82, 2.24) is 10.6 Å². The number of alkyl carbamates (subject to hydrolysis) is 1. The topological polar surface area (TPSA) is 70.6 Å². The van der Waals surface area contributed by atoms with Gasteiger partial charge >= 0.3 is 6.09 Å². The van der Waals surface area contributed by atoms with Crippen LogP contribution >= 0.6 is 0 Å². The van der Waals surface area contributed by atoms with Gasteiger partial charge in [0, 0.05) is 6.54 Å². The first-order chi connectivity index (χ1) is 13.0. The SMILES string of the molecule is CC(C)CNC[C@@H](O)C(Cc1ccccc1)NC(=O)OCc1ccccc1. The molecule has 0 saturated carbocycles. The number of nitrogens with one attached hydrogen (secondary N) is 2. The van der Waals surface area contributed by atoms with Gasteiger partial charge in [0.25, 0.3) is 0 Å². The quantitative estimate of drug-likeness (QED) is 0.601. The number of hydrogen-bond donors (Lipinski definition) is 3. The van der Waals surface area contributed by atoms with Gasteiger partial charge in [-0.05, 0) is 30.0 Å². The van der Waals surface area contributed by atoms with Crippen LogP contribution in [0.4, 0.5) is 4.79 Å². The molecule has 0 aliphatic carbocycles. The summed E-state index contributed by atoms with van der Waals surface area (Å²) in [6.45, 7) is 5.65. The van der Waals surface area contributed by atoms with Gasteiger partial charge in [0.15, 0.2) is 0 Å². The van der Waals surface area contributed by atoms with E-state index in [1.807, 2.05) is 60.7 Å². The fraction of sp³-hybridized carbons (Fsp3) is 0.409. The molecule has 146 valence electrons. The van der Waals surface area contributed by atoms with Gasteiger partial charge in [0.2, 0.25) is 0 Å². The van der Waals surface area contributed by atoms with E-state index in [-0.39, 0.29) is 6.61 Å². The third-order valence-electron chi connectivity index (χ3n) is 4.18. The summed E-state index contributed by atoms with van der Waals surface area (Å²) in [5.41, 5.74) is 1.97. The van der Waals surface area contributed by atoms with Crippen molar-refractivity contribution in [1.29, 1.82) is 0 Å². The summed E-state index contributed by atoms with van der Waals surface area (Å²) in [5, 5.41) is 16.6. The predicted molar refractivity (Wildman–Crippen MR) is 107 cm³/mol. The summed E-state index contributed by atoms with van der Waals surface area (Å²) in [5.74, 6) is 0.494. The summed E-state index contributed by atoms with van der Waals surface area (Å²) in [6, 6.07) is 18.9. The van der Waals surface area contributed by atoms with Crippen LogP contribution in [0.3, 0.4) is 0 Å². The average Bonchev–Trinajstić information content (AvgIpc) is 2.67. The van der Waals surface area contributed by atoms with Gasteiger partial charge in [-0.2, -0.15) is 0 Å². The van der Waals surface area contributed by atoms with E-state index in [4.69, 9.17) is 4.74 Å². The Kier molecular flexibility index (Phi) is 8.81. The molecule has 5 heteroatoms. The van der Waals surface area contributed by atoms with Crippen LogP contribution in [0.1, 0.15) is 25.0 Å². The van der Waals surface area contributed by atoms with Crippen LogP contribution in [0.2, 0.25) is 0 Å². The van der Waals surface area contributed by atoms with Crippen molar-refractivity contribution in [2.45, 2.75) is 39.0 Å². The Morgan fingerprint density at radius 1 is 0.963 bits per heavy atom. The van der Waals surface area contributed by atoms with Crippen LogP contribution in [0, 0.1) is 5.92 Å². The molecule has 0 aromatic heterocycles. The lowest BCUT2D eigenvalue weighted by Crippen LogP contribution is -2.49. The zero-order chi connectivity index (χ0) is 19.5. The Balaban J connectivity index is 1.92. The monoisotopic (exact) mass is 370 g/mol. The van der Waals surface area contributed by atoms with E-state index in [1.54, 1.807) is 0 Å². The van der Waals surface area contributed by atoms with E-state index in [9.17, 15) is 9.90 Å². The van der Waals surface area contributed by atoms with Crippen LogP contribution in [0.5, 0.6) is 0 Å². The van der Waals surface area contributed by atoms with Crippen LogP contribution in [-0.4, -0.2) is 36.4 Å². The Bertz CT molecular complexity index is 662. The van der Waals surface area contributed by atoms with Crippen LogP contribution in [0.15, 0.2) is 60.7 Å². The number of amides is 1. The maximum atomic E-state index is 12.2. The highest BCUT2D eigenvalue weighted by Gasteiger charge is 2.22. The molecule has 1 unspecified atom stereocenters. The molecule has 0 saturated heterocycles. The minimum absolute atomic E-state index is 0.201. The molecule has 0 radical (unpaired) electrons. The Hall–Kier alpha value is -2.37. The zero-order valence-electron chi connectivity index (χ0n) is 16.1. The van der Waals surface area contributed by atoms with E-state index in [0.29, 0.717) is 18.9 Å². The first-order valence-corrected chi connectivity index (χ1v) is 9.44. The van der Waals surface area contributed by atoms with Crippen molar-refractivity contribution in [3.63, 3.8) is 0 Å². The minimum atomic E-state index is -0.715. The molecule has 27 heavy (non-hydrogen) atoms. The van der Waals surface area contributed by atoms with E-state index in [1.165, 1.54) is 0 Å². The maximum Gasteiger partial charge on any atom is 0.407 e. The Morgan fingerprint density at radius 2 is 1.56 bits per heavy atom. The molecule has 1 amide bonds. The second-order valence-corrected chi connectivity index (χ2v) is 7.12. The fourth-order valence-electron chi connectivity index (χ4n) is 2.73. The highest BCUT2D eigenvalue weighted by Crippen LogP contribution is 2.08. The molecular weight excluding hydrogens is 340 g/mol. The zero-order valence-corrected chi connectivity index (χ0v) is 16.1. The maximum absolute atomic E-state index is 12.2. The summed E-state index contributed by atoms with van der Waals surface area (Å²) >= 11 is 0. The van der Waals surface area contributed by atoms with E-state index in [0.717, 1.165) is 17.7 Å². The van der Waals surface area contributed by atoms with Gasteiger partial charge in [-0.25, -0.2) is 4.79 Å². The lowest BCUT2D eigenvalue weighted by atomic mass is 10.0. The van der Waals surface area contributed by atoms with E-state index in [2.05, 4.69) is 24.5 Å². The van der Waals surface area contributed by atoms with Gasteiger partial charge in [-0.3, -0.25) is 0 Å².